The van der Waals surface area contributed by atoms with Crippen molar-refractivity contribution in [1.29, 1.82) is 0 Å². The first kappa shape index (κ1) is 24.6. The zero-order chi connectivity index (χ0) is 24.4. The van der Waals surface area contributed by atoms with Crippen molar-refractivity contribution in [2.45, 2.75) is 24.9 Å². The number of carbonyl (C=O) groups excluding carboxylic acids is 1. The second-order valence-electron chi connectivity index (χ2n) is 7.38. The van der Waals surface area contributed by atoms with Gasteiger partial charge < -0.3 is 5.32 Å². The molecule has 10 heteroatoms. The summed E-state index contributed by atoms with van der Waals surface area (Å²) in [6.45, 7) is 2.95. The van der Waals surface area contributed by atoms with E-state index in [1.807, 2.05) is 6.92 Å². The Bertz CT molecular complexity index is 1260. The van der Waals surface area contributed by atoms with Crippen molar-refractivity contribution in [2.24, 2.45) is 0 Å². The largest absolute Gasteiger partial charge is 0.416 e. The minimum Gasteiger partial charge on any atom is -0.325 e. The van der Waals surface area contributed by atoms with Crippen molar-refractivity contribution in [2.75, 3.05) is 16.2 Å². The first-order valence-corrected chi connectivity index (χ1v) is 11.5. The van der Waals surface area contributed by atoms with E-state index >= 15 is 0 Å². The van der Waals surface area contributed by atoms with Gasteiger partial charge in [0.15, 0.2) is 0 Å². The highest BCUT2D eigenvalue weighted by Crippen LogP contribution is 2.30. The number of amides is 1. The number of aryl methyl sites for hydroxylation is 2. The van der Waals surface area contributed by atoms with Gasteiger partial charge in [0, 0.05) is 10.7 Å². The third-order valence-electron chi connectivity index (χ3n) is 4.84. The van der Waals surface area contributed by atoms with Crippen LogP contribution in [0, 0.1) is 13.8 Å². The van der Waals surface area contributed by atoms with Crippen LogP contribution in [0.5, 0.6) is 0 Å². The number of hydrogen-bond donors (Lipinski definition) is 1. The quantitative estimate of drug-likeness (QED) is 0.468. The van der Waals surface area contributed by atoms with Gasteiger partial charge in [-0.15, -0.1) is 0 Å². The third kappa shape index (κ3) is 5.85. The van der Waals surface area contributed by atoms with Gasteiger partial charge in [-0.1, -0.05) is 35.4 Å². The Morgan fingerprint density at radius 2 is 1.58 bits per heavy atom. The zero-order valence-electron chi connectivity index (χ0n) is 17.7. The van der Waals surface area contributed by atoms with Crippen molar-refractivity contribution in [1.82, 2.24) is 0 Å². The van der Waals surface area contributed by atoms with Gasteiger partial charge in [-0.2, -0.15) is 13.2 Å². The monoisotopic (exact) mass is 496 g/mol. The van der Waals surface area contributed by atoms with Gasteiger partial charge in [-0.05, 0) is 67.9 Å². The first-order valence-electron chi connectivity index (χ1n) is 9.70. The minimum atomic E-state index is -4.51. The molecule has 0 aliphatic carbocycles. The lowest BCUT2D eigenvalue weighted by molar-refractivity contribution is -0.137. The molecule has 0 aliphatic heterocycles. The number of nitrogens with zero attached hydrogens (tertiary/aromatic N) is 1. The van der Waals surface area contributed by atoms with Crippen LogP contribution < -0.4 is 9.62 Å². The highest BCUT2D eigenvalue weighted by molar-refractivity contribution is 7.92. The molecular formula is C23H20ClF3N2O3S. The van der Waals surface area contributed by atoms with Crippen molar-refractivity contribution >= 4 is 38.9 Å². The molecule has 0 saturated carbocycles. The first-order chi connectivity index (χ1) is 15.4. The van der Waals surface area contributed by atoms with Gasteiger partial charge >= 0.3 is 6.18 Å². The summed E-state index contributed by atoms with van der Waals surface area (Å²) >= 11 is 6.18. The molecule has 174 valence electrons. The van der Waals surface area contributed by atoms with Crippen LogP contribution in [0.4, 0.5) is 24.5 Å². The van der Waals surface area contributed by atoms with E-state index in [2.05, 4.69) is 5.32 Å². The topological polar surface area (TPSA) is 66.5 Å². The molecule has 0 bridgehead atoms. The highest BCUT2D eigenvalue weighted by atomic mass is 35.5. The van der Waals surface area contributed by atoms with Crippen LogP contribution in [0.25, 0.3) is 0 Å². The number of nitrogens with one attached hydrogen (secondary N) is 1. The molecule has 0 aromatic heterocycles. The number of hydrogen-bond acceptors (Lipinski definition) is 3. The summed E-state index contributed by atoms with van der Waals surface area (Å²) in [6.07, 6.45) is -4.51. The third-order valence-corrected chi connectivity index (χ3v) is 7.03. The summed E-state index contributed by atoms with van der Waals surface area (Å²) < 4.78 is 65.9. The Morgan fingerprint density at radius 1 is 0.970 bits per heavy atom. The van der Waals surface area contributed by atoms with Gasteiger partial charge in [0.1, 0.15) is 6.54 Å². The summed E-state index contributed by atoms with van der Waals surface area (Å²) in [6, 6.07) is 14.6. The summed E-state index contributed by atoms with van der Waals surface area (Å²) in [5, 5.41) is 2.75. The number of carbonyl (C=O) groups is 1. The molecule has 3 rings (SSSR count). The summed E-state index contributed by atoms with van der Waals surface area (Å²) in [4.78, 5) is 12.7. The van der Waals surface area contributed by atoms with Crippen LogP contribution in [0.2, 0.25) is 5.02 Å². The normalized spacial score (nSPS) is 11.8. The lowest BCUT2D eigenvalue weighted by Gasteiger charge is -2.24. The molecule has 0 spiro atoms. The highest BCUT2D eigenvalue weighted by Gasteiger charge is 2.30. The maximum Gasteiger partial charge on any atom is 0.416 e. The smallest absolute Gasteiger partial charge is 0.325 e. The van der Waals surface area contributed by atoms with E-state index in [4.69, 9.17) is 11.6 Å². The van der Waals surface area contributed by atoms with Crippen molar-refractivity contribution in [3.63, 3.8) is 0 Å². The lowest BCUT2D eigenvalue weighted by Crippen LogP contribution is -2.38. The van der Waals surface area contributed by atoms with E-state index in [-0.39, 0.29) is 16.3 Å². The lowest BCUT2D eigenvalue weighted by atomic mass is 10.2. The summed E-state index contributed by atoms with van der Waals surface area (Å²) in [7, 11) is -4.15. The standard InChI is InChI=1S/C23H20ClF3N2O3S/c1-15-3-11-20(12-4-15)33(31,32)29(19-10-5-16(2)21(24)13-19)14-22(30)28-18-8-6-17(7-9-18)23(25,26)27/h3-13H,14H2,1-2H3,(H,28,30). The number of rotatable bonds is 6. The Kier molecular flexibility index (Phi) is 7.04. The Morgan fingerprint density at radius 3 is 2.12 bits per heavy atom. The number of anilines is 2. The van der Waals surface area contributed by atoms with Gasteiger partial charge in [-0.3, -0.25) is 9.10 Å². The number of alkyl halides is 3. The Labute approximate surface area is 194 Å². The SMILES string of the molecule is Cc1ccc(S(=O)(=O)N(CC(=O)Nc2ccc(C(F)(F)F)cc2)c2ccc(C)c(Cl)c2)cc1. The predicted molar refractivity (Wildman–Crippen MR) is 122 cm³/mol. The number of sulfonamides is 1. The van der Waals surface area contributed by atoms with Crippen LogP contribution in [-0.4, -0.2) is 20.9 Å². The van der Waals surface area contributed by atoms with E-state index in [1.54, 1.807) is 25.1 Å². The predicted octanol–water partition coefficient (Wildman–Crippen LogP) is 5.81. The summed E-state index contributed by atoms with van der Waals surface area (Å²) in [5.41, 5.74) is 0.996. The molecular weight excluding hydrogens is 477 g/mol. The van der Waals surface area contributed by atoms with E-state index in [1.165, 1.54) is 24.3 Å². The van der Waals surface area contributed by atoms with Gasteiger partial charge in [-0.25, -0.2) is 8.42 Å². The molecule has 0 atom stereocenters. The van der Waals surface area contributed by atoms with E-state index in [9.17, 15) is 26.4 Å². The Balaban J connectivity index is 1.91. The number of benzene rings is 3. The van der Waals surface area contributed by atoms with E-state index in [0.717, 1.165) is 39.7 Å². The molecule has 1 N–H and O–H groups in total. The Hall–Kier alpha value is -3.04. The van der Waals surface area contributed by atoms with Gasteiger partial charge in [0.25, 0.3) is 10.0 Å². The van der Waals surface area contributed by atoms with Crippen LogP contribution in [-0.2, 0) is 21.0 Å². The second-order valence-corrected chi connectivity index (χ2v) is 9.65. The molecule has 0 radical (unpaired) electrons. The molecule has 3 aromatic carbocycles. The molecule has 5 nitrogen and oxygen atoms in total. The molecule has 3 aromatic rings. The fourth-order valence-electron chi connectivity index (χ4n) is 2.96. The molecule has 33 heavy (non-hydrogen) atoms. The van der Waals surface area contributed by atoms with E-state index in [0.29, 0.717) is 5.02 Å². The fourth-order valence-corrected chi connectivity index (χ4v) is 4.55. The van der Waals surface area contributed by atoms with Gasteiger partial charge in [0.05, 0.1) is 16.1 Å². The summed E-state index contributed by atoms with van der Waals surface area (Å²) in [5.74, 6) is -0.734. The zero-order valence-corrected chi connectivity index (χ0v) is 19.2. The van der Waals surface area contributed by atoms with Crippen LogP contribution in [0.1, 0.15) is 16.7 Å². The maximum atomic E-state index is 13.4. The van der Waals surface area contributed by atoms with Crippen molar-refractivity contribution in [3.8, 4) is 0 Å². The molecule has 0 heterocycles. The fraction of sp³-hybridized carbons (Fsp3) is 0.174. The molecule has 1 amide bonds. The average Bonchev–Trinajstić information content (AvgIpc) is 2.74. The molecule has 0 unspecified atom stereocenters. The molecule has 0 aliphatic rings. The molecule has 0 saturated heterocycles. The van der Waals surface area contributed by atoms with Crippen LogP contribution >= 0.6 is 11.6 Å². The van der Waals surface area contributed by atoms with Crippen LogP contribution in [0.15, 0.2) is 71.6 Å². The second kappa shape index (κ2) is 9.44. The maximum absolute atomic E-state index is 13.4. The van der Waals surface area contributed by atoms with E-state index < -0.39 is 34.2 Å². The minimum absolute atomic E-state index is 0.0212. The average molecular weight is 497 g/mol. The van der Waals surface area contributed by atoms with Crippen molar-refractivity contribution in [3.05, 3.63) is 88.4 Å². The molecule has 0 fully saturated rings. The van der Waals surface area contributed by atoms with Crippen molar-refractivity contribution < 1.29 is 26.4 Å². The number of halogens is 4. The van der Waals surface area contributed by atoms with Crippen LogP contribution in [0.3, 0.4) is 0 Å². The van der Waals surface area contributed by atoms with Gasteiger partial charge in [0.2, 0.25) is 5.91 Å².